The minimum absolute atomic E-state index is 0.633. The van der Waals surface area contributed by atoms with Crippen LogP contribution in [0.15, 0.2) is 36.4 Å². The monoisotopic (exact) mass is 198 g/mol. The third-order valence-corrected chi connectivity index (χ3v) is 2.55. The van der Waals surface area contributed by atoms with Gasteiger partial charge in [-0.05, 0) is 12.1 Å². The number of aromatic amines is 1. The van der Waals surface area contributed by atoms with Crippen molar-refractivity contribution in [1.82, 2.24) is 9.97 Å². The molecule has 0 aliphatic rings. The van der Waals surface area contributed by atoms with Crippen LogP contribution in [0.2, 0.25) is 0 Å². The van der Waals surface area contributed by atoms with Gasteiger partial charge < -0.3 is 9.72 Å². The van der Waals surface area contributed by atoms with Crippen LogP contribution >= 0.6 is 0 Å². The fraction of sp³-hybridized carbons (Fsp3) is 0.0833. The van der Waals surface area contributed by atoms with Crippen LogP contribution in [0.1, 0.15) is 0 Å². The Kier molecular flexibility index (Phi) is 1.65. The molecule has 0 aliphatic carbocycles. The van der Waals surface area contributed by atoms with Gasteiger partial charge in [0, 0.05) is 22.4 Å². The number of rotatable bonds is 1. The van der Waals surface area contributed by atoms with E-state index in [-0.39, 0.29) is 0 Å². The minimum atomic E-state index is 0.633. The van der Waals surface area contributed by atoms with E-state index in [9.17, 15) is 0 Å². The van der Waals surface area contributed by atoms with E-state index in [0.29, 0.717) is 5.88 Å². The van der Waals surface area contributed by atoms with Crippen molar-refractivity contribution in [2.45, 2.75) is 0 Å². The summed E-state index contributed by atoms with van der Waals surface area (Å²) >= 11 is 0. The van der Waals surface area contributed by atoms with Crippen LogP contribution in [-0.4, -0.2) is 17.1 Å². The van der Waals surface area contributed by atoms with Gasteiger partial charge >= 0.3 is 0 Å². The van der Waals surface area contributed by atoms with Crippen molar-refractivity contribution >= 4 is 21.9 Å². The molecule has 3 aromatic rings. The van der Waals surface area contributed by atoms with Gasteiger partial charge in [-0.25, -0.2) is 0 Å². The van der Waals surface area contributed by atoms with Gasteiger partial charge in [0.15, 0.2) is 0 Å². The molecule has 0 saturated carbocycles. The Balaban J connectivity index is 2.43. The molecule has 3 nitrogen and oxygen atoms in total. The molecule has 2 aromatic heterocycles. The summed E-state index contributed by atoms with van der Waals surface area (Å²) in [5.41, 5.74) is 1.98. The number of benzene rings is 1. The number of H-pyrrole nitrogens is 1. The molecular weight excluding hydrogens is 188 g/mol. The second-order valence-corrected chi connectivity index (χ2v) is 3.42. The SMILES string of the molecule is COc1ccc2c(n1)[nH]c1ccccc12. The zero-order chi connectivity index (χ0) is 10.3. The summed E-state index contributed by atoms with van der Waals surface area (Å²) < 4.78 is 5.09. The molecule has 0 aliphatic heterocycles. The zero-order valence-corrected chi connectivity index (χ0v) is 8.32. The number of fused-ring (bicyclic) bond motifs is 3. The second kappa shape index (κ2) is 2.98. The summed E-state index contributed by atoms with van der Waals surface area (Å²) in [5.74, 6) is 0.633. The van der Waals surface area contributed by atoms with Crippen LogP contribution < -0.4 is 4.74 Å². The van der Waals surface area contributed by atoms with Crippen LogP contribution in [-0.2, 0) is 0 Å². The van der Waals surface area contributed by atoms with Gasteiger partial charge in [-0.3, -0.25) is 0 Å². The van der Waals surface area contributed by atoms with Gasteiger partial charge in [0.1, 0.15) is 5.65 Å². The maximum absolute atomic E-state index is 5.09. The third kappa shape index (κ3) is 1.16. The first-order chi connectivity index (χ1) is 7.38. The normalized spacial score (nSPS) is 11.0. The number of hydrogen-bond acceptors (Lipinski definition) is 2. The topological polar surface area (TPSA) is 37.9 Å². The molecule has 0 spiro atoms. The molecule has 2 heterocycles. The summed E-state index contributed by atoms with van der Waals surface area (Å²) in [6.07, 6.45) is 0. The maximum Gasteiger partial charge on any atom is 0.214 e. The van der Waals surface area contributed by atoms with Crippen LogP contribution in [0.4, 0.5) is 0 Å². The molecule has 74 valence electrons. The molecule has 15 heavy (non-hydrogen) atoms. The Morgan fingerprint density at radius 1 is 1.07 bits per heavy atom. The lowest BCUT2D eigenvalue weighted by molar-refractivity contribution is 0.399. The van der Waals surface area contributed by atoms with Gasteiger partial charge in [0.2, 0.25) is 5.88 Å². The summed E-state index contributed by atoms with van der Waals surface area (Å²) in [6.45, 7) is 0. The molecule has 1 aromatic carbocycles. The summed E-state index contributed by atoms with van der Waals surface area (Å²) in [4.78, 5) is 7.61. The number of nitrogens with one attached hydrogen (secondary N) is 1. The first-order valence-corrected chi connectivity index (χ1v) is 4.80. The standard InChI is InChI=1S/C12H10N2O/c1-15-11-7-6-9-8-4-2-3-5-10(8)13-12(9)14-11/h2-7H,1H3,(H,13,14). The van der Waals surface area contributed by atoms with E-state index < -0.39 is 0 Å². The molecule has 0 fully saturated rings. The number of nitrogens with zero attached hydrogens (tertiary/aromatic N) is 1. The van der Waals surface area contributed by atoms with Gasteiger partial charge in [0.05, 0.1) is 7.11 Å². The van der Waals surface area contributed by atoms with Gasteiger partial charge in [-0.15, -0.1) is 0 Å². The van der Waals surface area contributed by atoms with Crippen molar-refractivity contribution in [3.8, 4) is 5.88 Å². The van der Waals surface area contributed by atoms with Crippen molar-refractivity contribution in [2.75, 3.05) is 7.11 Å². The fourth-order valence-electron chi connectivity index (χ4n) is 1.82. The predicted octanol–water partition coefficient (Wildman–Crippen LogP) is 2.72. The molecule has 0 amide bonds. The lowest BCUT2D eigenvalue weighted by Crippen LogP contribution is -1.86. The van der Waals surface area contributed by atoms with Crippen LogP contribution in [0.3, 0.4) is 0 Å². The number of pyridine rings is 1. The Hall–Kier alpha value is -2.03. The van der Waals surface area contributed by atoms with Crippen molar-refractivity contribution in [2.24, 2.45) is 0 Å². The third-order valence-electron chi connectivity index (χ3n) is 2.55. The van der Waals surface area contributed by atoms with E-state index in [0.717, 1.165) is 16.6 Å². The van der Waals surface area contributed by atoms with Crippen LogP contribution in [0.5, 0.6) is 5.88 Å². The summed E-state index contributed by atoms with van der Waals surface area (Å²) in [7, 11) is 1.62. The lowest BCUT2D eigenvalue weighted by atomic mass is 10.2. The Bertz CT molecular complexity index is 628. The number of hydrogen-bond donors (Lipinski definition) is 1. The van der Waals surface area contributed by atoms with Crippen LogP contribution in [0.25, 0.3) is 21.9 Å². The van der Waals surface area contributed by atoms with E-state index in [2.05, 4.69) is 16.0 Å². The van der Waals surface area contributed by atoms with Gasteiger partial charge in [-0.1, -0.05) is 18.2 Å². The molecule has 0 unspecified atom stereocenters. The van der Waals surface area contributed by atoms with E-state index in [1.807, 2.05) is 30.3 Å². The molecule has 1 N–H and O–H groups in total. The quantitative estimate of drug-likeness (QED) is 0.652. The van der Waals surface area contributed by atoms with Gasteiger partial charge in [-0.2, -0.15) is 4.98 Å². The van der Waals surface area contributed by atoms with E-state index in [4.69, 9.17) is 4.74 Å². The molecule has 0 radical (unpaired) electrons. The van der Waals surface area contributed by atoms with Crippen molar-refractivity contribution in [1.29, 1.82) is 0 Å². The molecule has 0 atom stereocenters. The predicted molar refractivity (Wildman–Crippen MR) is 60.2 cm³/mol. The highest BCUT2D eigenvalue weighted by atomic mass is 16.5. The smallest absolute Gasteiger partial charge is 0.214 e. The highest BCUT2D eigenvalue weighted by Crippen LogP contribution is 2.25. The second-order valence-electron chi connectivity index (χ2n) is 3.42. The van der Waals surface area contributed by atoms with E-state index in [1.165, 1.54) is 5.39 Å². The number of ether oxygens (including phenoxy) is 1. The fourth-order valence-corrected chi connectivity index (χ4v) is 1.82. The molecule has 3 heteroatoms. The molecular formula is C12H10N2O. The zero-order valence-electron chi connectivity index (χ0n) is 8.32. The number of aromatic nitrogens is 2. The number of methoxy groups -OCH3 is 1. The van der Waals surface area contributed by atoms with Crippen molar-refractivity contribution < 1.29 is 4.74 Å². The molecule has 0 bridgehead atoms. The Labute approximate surface area is 86.7 Å². The van der Waals surface area contributed by atoms with Crippen molar-refractivity contribution in [3.05, 3.63) is 36.4 Å². The highest BCUT2D eigenvalue weighted by molar-refractivity contribution is 6.05. The average Bonchev–Trinajstić information content (AvgIpc) is 2.66. The maximum atomic E-state index is 5.09. The Morgan fingerprint density at radius 2 is 1.93 bits per heavy atom. The first-order valence-electron chi connectivity index (χ1n) is 4.80. The average molecular weight is 198 g/mol. The Morgan fingerprint density at radius 3 is 2.80 bits per heavy atom. The number of para-hydroxylation sites is 1. The first kappa shape index (κ1) is 8.29. The summed E-state index contributed by atoms with van der Waals surface area (Å²) in [6, 6.07) is 12.1. The van der Waals surface area contributed by atoms with Crippen molar-refractivity contribution in [3.63, 3.8) is 0 Å². The highest BCUT2D eigenvalue weighted by Gasteiger charge is 2.04. The van der Waals surface area contributed by atoms with E-state index >= 15 is 0 Å². The molecule has 3 rings (SSSR count). The van der Waals surface area contributed by atoms with Gasteiger partial charge in [0.25, 0.3) is 0 Å². The molecule has 0 saturated heterocycles. The summed E-state index contributed by atoms with van der Waals surface area (Å²) in [5, 5.41) is 2.33. The van der Waals surface area contributed by atoms with E-state index in [1.54, 1.807) is 7.11 Å². The minimum Gasteiger partial charge on any atom is -0.481 e. The van der Waals surface area contributed by atoms with Crippen LogP contribution in [0, 0.1) is 0 Å². The lowest BCUT2D eigenvalue weighted by Gasteiger charge is -1.96. The largest absolute Gasteiger partial charge is 0.481 e.